The Balaban J connectivity index is 1.83. The van der Waals surface area contributed by atoms with Crippen molar-refractivity contribution < 1.29 is 0 Å². The molecule has 3 rings (SSSR count). The zero-order valence-electron chi connectivity index (χ0n) is 12.0. The van der Waals surface area contributed by atoms with Crippen molar-refractivity contribution in [3.05, 3.63) is 68.6 Å². The highest BCUT2D eigenvalue weighted by atomic mass is 79.9. The van der Waals surface area contributed by atoms with Crippen molar-refractivity contribution >= 4 is 31.9 Å². The molecule has 0 spiro atoms. The van der Waals surface area contributed by atoms with Crippen molar-refractivity contribution in [1.82, 2.24) is 5.32 Å². The zero-order valence-corrected chi connectivity index (χ0v) is 15.2. The maximum atomic E-state index is 3.72. The molecule has 3 heteroatoms. The predicted molar refractivity (Wildman–Crippen MR) is 95.5 cm³/mol. The first-order valence-corrected chi connectivity index (χ1v) is 9.02. The van der Waals surface area contributed by atoms with Crippen molar-refractivity contribution in [2.45, 2.75) is 25.3 Å². The first-order chi connectivity index (χ1) is 10.2. The fourth-order valence-corrected chi connectivity index (χ4v) is 4.43. The molecule has 1 saturated carbocycles. The van der Waals surface area contributed by atoms with Crippen LogP contribution in [0, 0.1) is 5.92 Å². The highest BCUT2D eigenvalue weighted by Crippen LogP contribution is 2.54. The Morgan fingerprint density at radius 3 is 2.57 bits per heavy atom. The molecule has 3 atom stereocenters. The number of benzene rings is 2. The van der Waals surface area contributed by atoms with E-state index in [9.17, 15) is 0 Å². The van der Waals surface area contributed by atoms with Gasteiger partial charge < -0.3 is 5.32 Å². The van der Waals surface area contributed by atoms with Crippen molar-refractivity contribution in [1.29, 1.82) is 0 Å². The zero-order chi connectivity index (χ0) is 14.8. The Kier molecular flexibility index (Phi) is 4.82. The van der Waals surface area contributed by atoms with Gasteiger partial charge in [0, 0.05) is 15.0 Å². The Morgan fingerprint density at radius 2 is 1.90 bits per heavy atom. The maximum absolute atomic E-state index is 3.72. The number of nitrogens with one attached hydrogen (secondary N) is 1. The number of hydrogen-bond donors (Lipinski definition) is 1. The molecule has 1 aliphatic carbocycles. The number of rotatable bonds is 5. The third kappa shape index (κ3) is 3.41. The van der Waals surface area contributed by atoms with Gasteiger partial charge in [0.1, 0.15) is 0 Å². The van der Waals surface area contributed by atoms with Crippen LogP contribution in [0.25, 0.3) is 0 Å². The maximum Gasteiger partial charge on any atom is 0.0365 e. The highest BCUT2D eigenvalue weighted by molar-refractivity contribution is 9.11. The van der Waals surface area contributed by atoms with Crippen LogP contribution < -0.4 is 5.32 Å². The summed E-state index contributed by atoms with van der Waals surface area (Å²) in [5, 5.41) is 3.68. The van der Waals surface area contributed by atoms with Gasteiger partial charge in [-0.15, -0.1) is 0 Å². The Labute approximate surface area is 143 Å². The molecule has 0 aromatic heterocycles. The molecule has 1 N–H and O–H groups in total. The molecule has 3 unspecified atom stereocenters. The van der Waals surface area contributed by atoms with E-state index in [1.807, 2.05) is 0 Å². The van der Waals surface area contributed by atoms with Crippen molar-refractivity contribution in [2.75, 3.05) is 6.54 Å². The minimum absolute atomic E-state index is 0.419. The van der Waals surface area contributed by atoms with Gasteiger partial charge >= 0.3 is 0 Å². The summed E-state index contributed by atoms with van der Waals surface area (Å²) in [5.41, 5.74) is 2.84. The molecule has 0 aliphatic heterocycles. The molecular formula is C18H19Br2N. The quantitative estimate of drug-likeness (QED) is 0.672. The molecule has 2 aromatic rings. The van der Waals surface area contributed by atoms with Gasteiger partial charge in [-0.3, -0.25) is 0 Å². The summed E-state index contributed by atoms with van der Waals surface area (Å²) in [5.74, 6) is 1.37. The lowest BCUT2D eigenvalue weighted by atomic mass is 9.98. The van der Waals surface area contributed by atoms with E-state index < -0.39 is 0 Å². The molecule has 1 fully saturated rings. The SMILES string of the molecule is CCNC(c1ccc(Br)cc1Br)C1CC1c1ccccc1. The summed E-state index contributed by atoms with van der Waals surface area (Å²) in [6.45, 7) is 3.17. The van der Waals surface area contributed by atoms with Gasteiger partial charge in [0.05, 0.1) is 0 Å². The summed E-state index contributed by atoms with van der Waals surface area (Å²) in [6.07, 6.45) is 1.27. The summed E-state index contributed by atoms with van der Waals surface area (Å²) in [7, 11) is 0. The van der Waals surface area contributed by atoms with E-state index in [1.165, 1.54) is 22.0 Å². The Morgan fingerprint density at radius 1 is 1.14 bits per heavy atom. The molecule has 0 heterocycles. The van der Waals surface area contributed by atoms with E-state index in [1.54, 1.807) is 0 Å². The molecule has 2 aromatic carbocycles. The lowest BCUT2D eigenvalue weighted by molar-refractivity contribution is 0.485. The molecule has 0 radical (unpaired) electrons. The summed E-state index contributed by atoms with van der Waals surface area (Å²) >= 11 is 7.26. The van der Waals surface area contributed by atoms with E-state index in [4.69, 9.17) is 0 Å². The lowest BCUT2D eigenvalue weighted by Crippen LogP contribution is -2.23. The van der Waals surface area contributed by atoms with Crippen molar-refractivity contribution in [2.24, 2.45) is 5.92 Å². The highest BCUT2D eigenvalue weighted by Gasteiger charge is 2.44. The minimum atomic E-state index is 0.419. The van der Waals surface area contributed by atoms with Crippen molar-refractivity contribution in [3.8, 4) is 0 Å². The third-order valence-electron chi connectivity index (χ3n) is 4.22. The van der Waals surface area contributed by atoms with E-state index in [2.05, 4.69) is 92.6 Å². The monoisotopic (exact) mass is 407 g/mol. The standard InChI is InChI=1S/C18H19Br2N/c1-2-21-18(14-9-8-13(19)10-17(14)20)16-11-15(16)12-6-4-3-5-7-12/h3-10,15-16,18,21H,2,11H2,1H3. The van der Waals surface area contributed by atoms with Crippen molar-refractivity contribution in [3.63, 3.8) is 0 Å². The summed E-state index contributed by atoms with van der Waals surface area (Å²) in [6, 6.07) is 17.8. The van der Waals surface area contributed by atoms with E-state index in [0.717, 1.165) is 11.0 Å². The molecule has 1 nitrogen and oxygen atoms in total. The average Bonchev–Trinajstić information content (AvgIpc) is 3.27. The second kappa shape index (κ2) is 6.64. The van der Waals surface area contributed by atoms with E-state index >= 15 is 0 Å². The molecule has 0 amide bonds. The lowest BCUT2D eigenvalue weighted by Gasteiger charge is -2.20. The van der Waals surface area contributed by atoms with Gasteiger partial charge in [-0.05, 0) is 48.1 Å². The van der Waals surface area contributed by atoms with Gasteiger partial charge in [0.2, 0.25) is 0 Å². The van der Waals surface area contributed by atoms with Gasteiger partial charge in [-0.1, -0.05) is 75.2 Å². The second-order valence-electron chi connectivity index (χ2n) is 5.62. The molecule has 0 saturated heterocycles. The minimum Gasteiger partial charge on any atom is -0.310 e. The molecule has 0 bridgehead atoms. The third-order valence-corrected chi connectivity index (χ3v) is 5.40. The van der Waals surface area contributed by atoms with E-state index in [0.29, 0.717) is 17.9 Å². The number of hydrogen-bond acceptors (Lipinski definition) is 1. The van der Waals surface area contributed by atoms with Crippen LogP contribution in [-0.2, 0) is 0 Å². The van der Waals surface area contributed by atoms with Gasteiger partial charge in [0.25, 0.3) is 0 Å². The first-order valence-electron chi connectivity index (χ1n) is 7.44. The Bertz CT molecular complexity index is 612. The van der Waals surface area contributed by atoms with Crippen LogP contribution >= 0.6 is 31.9 Å². The summed E-state index contributed by atoms with van der Waals surface area (Å²) < 4.78 is 2.30. The van der Waals surface area contributed by atoms with Gasteiger partial charge in [-0.2, -0.15) is 0 Å². The number of halogens is 2. The molecule has 1 aliphatic rings. The topological polar surface area (TPSA) is 12.0 Å². The van der Waals surface area contributed by atoms with Gasteiger partial charge in [-0.25, -0.2) is 0 Å². The average molecular weight is 409 g/mol. The Hall–Kier alpha value is -0.640. The molecule has 110 valence electrons. The second-order valence-corrected chi connectivity index (χ2v) is 7.39. The van der Waals surface area contributed by atoms with Crippen LogP contribution in [0.2, 0.25) is 0 Å². The van der Waals surface area contributed by atoms with E-state index in [-0.39, 0.29) is 0 Å². The largest absolute Gasteiger partial charge is 0.310 e. The normalized spacial score (nSPS) is 22.0. The molecular weight excluding hydrogens is 390 g/mol. The van der Waals surface area contributed by atoms with Crippen LogP contribution in [0.5, 0.6) is 0 Å². The van der Waals surface area contributed by atoms with Gasteiger partial charge in [0.15, 0.2) is 0 Å². The van der Waals surface area contributed by atoms with Crippen LogP contribution in [0.1, 0.15) is 36.4 Å². The van der Waals surface area contributed by atoms with Crippen LogP contribution in [0.3, 0.4) is 0 Å². The van der Waals surface area contributed by atoms with Crippen LogP contribution in [-0.4, -0.2) is 6.54 Å². The molecule has 21 heavy (non-hydrogen) atoms. The fourth-order valence-electron chi connectivity index (χ4n) is 3.13. The smallest absolute Gasteiger partial charge is 0.0365 e. The van der Waals surface area contributed by atoms with Crippen LogP contribution in [0.4, 0.5) is 0 Å². The summed E-state index contributed by atoms with van der Waals surface area (Å²) in [4.78, 5) is 0. The predicted octanol–water partition coefficient (Wildman–Crippen LogP) is 5.67. The van der Waals surface area contributed by atoms with Crippen LogP contribution in [0.15, 0.2) is 57.5 Å². The first kappa shape index (κ1) is 15.3. The fraction of sp³-hybridized carbons (Fsp3) is 0.333.